The molecule has 0 bridgehead atoms. The van der Waals surface area contributed by atoms with Gasteiger partial charge in [-0.3, -0.25) is 10.6 Å². The van der Waals surface area contributed by atoms with Gasteiger partial charge in [0.25, 0.3) is 5.91 Å². The molecule has 0 spiro atoms. The van der Waals surface area contributed by atoms with Crippen molar-refractivity contribution in [3.63, 3.8) is 0 Å². The molecule has 0 unspecified atom stereocenters. The molecule has 5 nitrogen and oxygen atoms in total. The van der Waals surface area contributed by atoms with Crippen LogP contribution in [-0.4, -0.2) is 28.9 Å². The lowest BCUT2D eigenvalue weighted by Crippen LogP contribution is -2.33. The van der Waals surface area contributed by atoms with Gasteiger partial charge in [0.05, 0.1) is 11.9 Å². The van der Waals surface area contributed by atoms with Gasteiger partial charge in [-0.25, -0.2) is 4.98 Å². The van der Waals surface area contributed by atoms with Crippen molar-refractivity contribution in [2.75, 3.05) is 18.5 Å². The molecular weight excluding hydrogens is 240 g/mol. The summed E-state index contributed by atoms with van der Waals surface area (Å²) in [4.78, 5) is 18.4. The van der Waals surface area contributed by atoms with Crippen molar-refractivity contribution in [3.05, 3.63) is 24.0 Å². The van der Waals surface area contributed by atoms with Crippen molar-refractivity contribution >= 4 is 11.6 Å². The third kappa shape index (κ3) is 4.87. The fourth-order valence-corrected chi connectivity index (χ4v) is 1.78. The Balaban J connectivity index is 2.72. The molecule has 5 heteroatoms. The van der Waals surface area contributed by atoms with Gasteiger partial charge in [-0.15, -0.1) is 0 Å². The van der Waals surface area contributed by atoms with Gasteiger partial charge < -0.3 is 10.3 Å². The zero-order valence-electron chi connectivity index (χ0n) is 11.9. The van der Waals surface area contributed by atoms with Gasteiger partial charge >= 0.3 is 0 Å². The topological polar surface area (TPSA) is 71.2 Å². The first-order valence-electron chi connectivity index (χ1n) is 6.94. The first-order chi connectivity index (χ1) is 9.22. The number of hydrogen-bond acceptors (Lipinski definition) is 4. The molecule has 1 aromatic rings. The molecule has 19 heavy (non-hydrogen) atoms. The third-order valence-electron chi connectivity index (χ3n) is 3.00. The van der Waals surface area contributed by atoms with Crippen LogP contribution in [0.4, 0.5) is 5.69 Å². The van der Waals surface area contributed by atoms with Crippen LogP contribution in [0.3, 0.4) is 0 Å². The average Bonchev–Trinajstić information content (AvgIpc) is 2.47. The van der Waals surface area contributed by atoms with Crippen LogP contribution in [-0.2, 0) is 0 Å². The van der Waals surface area contributed by atoms with Crippen LogP contribution in [0.25, 0.3) is 0 Å². The molecule has 1 amide bonds. The van der Waals surface area contributed by atoms with Crippen LogP contribution in [0.15, 0.2) is 18.3 Å². The molecule has 106 valence electrons. The quantitative estimate of drug-likeness (QED) is 0.558. The normalized spacial score (nSPS) is 10.3. The smallest absolute Gasteiger partial charge is 0.272 e. The van der Waals surface area contributed by atoms with Crippen molar-refractivity contribution in [1.82, 2.24) is 9.88 Å². The van der Waals surface area contributed by atoms with Crippen LogP contribution in [0.2, 0.25) is 0 Å². The summed E-state index contributed by atoms with van der Waals surface area (Å²) in [6.07, 6.45) is 5.79. The first kappa shape index (κ1) is 15.4. The first-order valence-corrected chi connectivity index (χ1v) is 6.94. The van der Waals surface area contributed by atoms with Crippen molar-refractivity contribution in [3.8, 4) is 0 Å². The molecule has 0 saturated heterocycles. The Morgan fingerprint density at radius 1 is 1.26 bits per heavy atom. The summed E-state index contributed by atoms with van der Waals surface area (Å²) in [5, 5.41) is 0. The summed E-state index contributed by atoms with van der Waals surface area (Å²) in [6, 6.07) is 3.47. The number of anilines is 1. The number of hydrogen-bond donors (Lipinski definition) is 2. The number of aromatic nitrogens is 1. The minimum atomic E-state index is 0.00507. The van der Waals surface area contributed by atoms with Crippen LogP contribution in [0, 0.1) is 0 Å². The monoisotopic (exact) mass is 264 g/mol. The zero-order chi connectivity index (χ0) is 14.1. The maximum Gasteiger partial charge on any atom is 0.272 e. The van der Waals surface area contributed by atoms with Gasteiger partial charge in [0.1, 0.15) is 5.69 Å². The lowest BCUT2D eigenvalue weighted by atomic mass is 10.2. The Bertz CT molecular complexity index is 370. The van der Waals surface area contributed by atoms with Crippen LogP contribution >= 0.6 is 0 Å². The van der Waals surface area contributed by atoms with E-state index in [-0.39, 0.29) is 5.91 Å². The SMILES string of the molecule is CCCCN(CCCC)C(=O)c1ccc(NN)cn1. The molecule has 0 aromatic carbocycles. The molecule has 0 aliphatic rings. The number of nitrogens with two attached hydrogens (primary N) is 1. The van der Waals surface area contributed by atoms with E-state index in [0.717, 1.165) is 38.8 Å². The number of nitrogen functional groups attached to an aromatic ring is 1. The van der Waals surface area contributed by atoms with Crippen molar-refractivity contribution < 1.29 is 4.79 Å². The van der Waals surface area contributed by atoms with Gasteiger partial charge in [-0.05, 0) is 25.0 Å². The van der Waals surface area contributed by atoms with Crippen LogP contribution in [0.5, 0.6) is 0 Å². The second kappa shape index (κ2) is 8.48. The standard InChI is InChI=1S/C14H24N4O/c1-3-5-9-18(10-6-4-2)14(19)13-8-7-12(17-15)11-16-13/h7-8,11,17H,3-6,9-10,15H2,1-2H3. The van der Waals surface area contributed by atoms with Gasteiger partial charge in [0, 0.05) is 13.1 Å². The van der Waals surface area contributed by atoms with Gasteiger partial charge in [-0.2, -0.15) is 0 Å². The number of pyridine rings is 1. The average molecular weight is 264 g/mol. The number of rotatable bonds is 8. The molecule has 1 heterocycles. The highest BCUT2D eigenvalue weighted by atomic mass is 16.2. The second-order valence-corrected chi connectivity index (χ2v) is 4.58. The number of unbranched alkanes of at least 4 members (excludes halogenated alkanes) is 2. The fraction of sp³-hybridized carbons (Fsp3) is 0.571. The van der Waals surface area contributed by atoms with E-state index in [4.69, 9.17) is 5.84 Å². The van der Waals surface area contributed by atoms with Gasteiger partial charge in [0.2, 0.25) is 0 Å². The highest BCUT2D eigenvalue weighted by Crippen LogP contribution is 2.09. The molecular formula is C14H24N4O. The largest absolute Gasteiger partial charge is 0.337 e. The molecule has 0 radical (unpaired) electrons. The summed E-state index contributed by atoms with van der Waals surface area (Å²) in [5.74, 6) is 5.29. The molecule has 1 aromatic heterocycles. The number of nitrogens with one attached hydrogen (secondary N) is 1. The Morgan fingerprint density at radius 3 is 2.32 bits per heavy atom. The highest BCUT2D eigenvalue weighted by molar-refractivity contribution is 5.92. The lowest BCUT2D eigenvalue weighted by molar-refractivity contribution is 0.0745. The van der Waals surface area contributed by atoms with Gasteiger partial charge in [0.15, 0.2) is 0 Å². The van der Waals surface area contributed by atoms with E-state index in [2.05, 4.69) is 24.3 Å². The Hall–Kier alpha value is -1.62. The third-order valence-corrected chi connectivity index (χ3v) is 3.00. The number of hydrazine groups is 1. The minimum absolute atomic E-state index is 0.00507. The number of carbonyl (C=O) groups excluding carboxylic acids is 1. The summed E-state index contributed by atoms with van der Waals surface area (Å²) in [5.41, 5.74) is 3.68. The van der Waals surface area contributed by atoms with Crippen molar-refractivity contribution in [2.24, 2.45) is 5.84 Å². The van der Waals surface area contributed by atoms with E-state index in [0.29, 0.717) is 11.4 Å². The van der Waals surface area contributed by atoms with Crippen molar-refractivity contribution in [2.45, 2.75) is 39.5 Å². The summed E-state index contributed by atoms with van der Waals surface area (Å²) in [6.45, 7) is 5.85. The summed E-state index contributed by atoms with van der Waals surface area (Å²) < 4.78 is 0. The number of amides is 1. The maximum atomic E-state index is 12.4. The Morgan fingerprint density at radius 2 is 1.89 bits per heavy atom. The van der Waals surface area contributed by atoms with Gasteiger partial charge in [-0.1, -0.05) is 26.7 Å². The molecule has 0 fully saturated rings. The fourth-order valence-electron chi connectivity index (χ4n) is 1.78. The molecule has 1 rings (SSSR count). The van der Waals surface area contributed by atoms with E-state index < -0.39 is 0 Å². The molecule has 0 aliphatic carbocycles. The lowest BCUT2D eigenvalue weighted by Gasteiger charge is -2.22. The molecule has 0 atom stereocenters. The van der Waals surface area contributed by atoms with Crippen LogP contribution < -0.4 is 11.3 Å². The predicted molar refractivity (Wildman–Crippen MR) is 77.8 cm³/mol. The summed E-state index contributed by atoms with van der Waals surface area (Å²) in [7, 11) is 0. The van der Waals surface area contributed by atoms with E-state index in [1.165, 1.54) is 0 Å². The number of nitrogens with zero attached hydrogens (tertiary/aromatic N) is 2. The molecule has 3 N–H and O–H groups in total. The molecule has 0 saturated carbocycles. The maximum absolute atomic E-state index is 12.4. The van der Waals surface area contributed by atoms with Crippen LogP contribution in [0.1, 0.15) is 50.0 Å². The van der Waals surface area contributed by atoms with E-state index in [1.807, 2.05) is 4.90 Å². The Kier molecular flexibility index (Phi) is 6.89. The second-order valence-electron chi connectivity index (χ2n) is 4.58. The van der Waals surface area contributed by atoms with E-state index in [1.54, 1.807) is 18.3 Å². The predicted octanol–water partition coefficient (Wildman–Crippen LogP) is 2.41. The van der Waals surface area contributed by atoms with E-state index in [9.17, 15) is 4.79 Å². The minimum Gasteiger partial charge on any atom is -0.337 e. The highest BCUT2D eigenvalue weighted by Gasteiger charge is 2.15. The van der Waals surface area contributed by atoms with Crippen molar-refractivity contribution in [1.29, 1.82) is 0 Å². The Labute approximate surface area is 115 Å². The summed E-state index contributed by atoms with van der Waals surface area (Å²) >= 11 is 0. The number of carbonyl (C=O) groups is 1. The zero-order valence-corrected chi connectivity index (χ0v) is 11.9. The molecule has 0 aliphatic heterocycles. The van der Waals surface area contributed by atoms with E-state index >= 15 is 0 Å².